The molecule has 8 nitrogen and oxygen atoms in total. The average molecular weight is 316 g/mol. The molecule has 0 fully saturated rings. The Hall–Kier alpha value is -2.51. The zero-order valence-electron chi connectivity index (χ0n) is 13.5. The maximum atomic E-state index is 12.3. The number of rotatable bonds is 3. The number of fused-ring (bicyclic) bond motifs is 1. The van der Waals surface area contributed by atoms with Crippen LogP contribution >= 0.6 is 0 Å². The van der Waals surface area contributed by atoms with E-state index in [9.17, 15) is 9.59 Å². The van der Waals surface area contributed by atoms with Crippen LogP contribution in [0.2, 0.25) is 0 Å². The summed E-state index contributed by atoms with van der Waals surface area (Å²) in [5.41, 5.74) is 0.000611. The highest BCUT2D eigenvalue weighted by Crippen LogP contribution is 2.20. The quantitative estimate of drug-likeness (QED) is 0.875. The summed E-state index contributed by atoms with van der Waals surface area (Å²) >= 11 is 0. The van der Waals surface area contributed by atoms with E-state index in [1.54, 1.807) is 0 Å². The van der Waals surface area contributed by atoms with Crippen molar-refractivity contribution in [2.24, 2.45) is 7.05 Å². The maximum absolute atomic E-state index is 12.3. The fraction of sp³-hybridized carbons (Fsp3) is 0.533. The zero-order valence-corrected chi connectivity index (χ0v) is 13.5. The molecule has 122 valence electrons. The van der Waals surface area contributed by atoms with Crippen molar-refractivity contribution in [3.05, 3.63) is 39.8 Å². The normalized spacial score (nSPS) is 17.1. The van der Waals surface area contributed by atoms with E-state index in [-0.39, 0.29) is 29.1 Å². The molecule has 1 unspecified atom stereocenters. The van der Waals surface area contributed by atoms with Gasteiger partial charge in [-0.05, 0) is 12.5 Å². The van der Waals surface area contributed by atoms with Crippen LogP contribution in [-0.4, -0.2) is 36.5 Å². The van der Waals surface area contributed by atoms with Crippen LogP contribution in [0, 0.1) is 0 Å². The van der Waals surface area contributed by atoms with E-state index in [2.05, 4.69) is 39.0 Å². The predicted octanol–water partition coefficient (Wildman–Crippen LogP) is 0.240. The molecule has 0 bridgehead atoms. The first-order chi connectivity index (χ1) is 11.0. The van der Waals surface area contributed by atoms with E-state index in [0.29, 0.717) is 6.54 Å². The Bertz CT molecular complexity index is 792. The van der Waals surface area contributed by atoms with Crippen molar-refractivity contribution in [3.63, 3.8) is 0 Å². The van der Waals surface area contributed by atoms with Gasteiger partial charge in [-0.3, -0.25) is 9.59 Å². The summed E-state index contributed by atoms with van der Waals surface area (Å²) in [5, 5.41) is 15.4. The fourth-order valence-corrected chi connectivity index (χ4v) is 2.78. The molecule has 2 aromatic rings. The summed E-state index contributed by atoms with van der Waals surface area (Å²) < 4.78 is 3.25. The molecule has 3 heterocycles. The predicted molar refractivity (Wildman–Crippen MR) is 83.2 cm³/mol. The number of amides is 1. The second kappa shape index (κ2) is 5.94. The summed E-state index contributed by atoms with van der Waals surface area (Å²) in [6.07, 6.45) is 1.60. The van der Waals surface area contributed by atoms with E-state index in [1.807, 2.05) is 0 Å². The van der Waals surface area contributed by atoms with Crippen LogP contribution in [-0.2, 0) is 20.0 Å². The Morgan fingerprint density at radius 3 is 2.83 bits per heavy atom. The molecular weight excluding hydrogens is 296 g/mol. The fourth-order valence-electron chi connectivity index (χ4n) is 2.78. The van der Waals surface area contributed by atoms with Crippen molar-refractivity contribution in [2.45, 2.75) is 45.2 Å². The third kappa shape index (κ3) is 3.01. The molecule has 2 aromatic heterocycles. The van der Waals surface area contributed by atoms with Crippen LogP contribution in [0.4, 0.5) is 0 Å². The Morgan fingerprint density at radius 1 is 1.35 bits per heavy atom. The van der Waals surface area contributed by atoms with Gasteiger partial charge < -0.3 is 9.88 Å². The molecule has 0 radical (unpaired) electrons. The first-order valence-electron chi connectivity index (χ1n) is 7.73. The van der Waals surface area contributed by atoms with Gasteiger partial charge in [0.25, 0.3) is 11.5 Å². The first kappa shape index (κ1) is 15.4. The van der Waals surface area contributed by atoms with Crippen molar-refractivity contribution in [2.75, 3.05) is 0 Å². The number of hydrogen-bond donors (Lipinski definition) is 1. The molecular formula is C15H20N6O2. The lowest BCUT2D eigenvalue weighted by molar-refractivity contribution is 0.0919. The van der Waals surface area contributed by atoms with Crippen molar-refractivity contribution in [1.29, 1.82) is 0 Å². The van der Waals surface area contributed by atoms with Gasteiger partial charge in [0.2, 0.25) is 0 Å². The van der Waals surface area contributed by atoms with Crippen LogP contribution in [0.3, 0.4) is 0 Å². The van der Waals surface area contributed by atoms with Crippen LogP contribution in [0.5, 0.6) is 0 Å². The molecule has 1 aliphatic rings. The van der Waals surface area contributed by atoms with Crippen LogP contribution in [0.25, 0.3) is 0 Å². The van der Waals surface area contributed by atoms with Crippen LogP contribution in [0.15, 0.2) is 16.9 Å². The Kier molecular flexibility index (Phi) is 3.97. The second-order valence-corrected chi connectivity index (χ2v) is 6.13. The first-order valence-corrected chi connectivity index (χ1v) is 7.73. The second-order valence-electron chi connectivity index (χ2n) is 6.13. The van der Waals surface area contributed by atoms with Gasteiger partial charge in [0.05, 0.1) is 0 Å². The Morgan fingerprint density at radius 2 is 2.13 bits per heavy atom. The van der Waals surface area contributed by atoms with Gasteiger partial charge in [-0.25, -0.2) is 4.68 Å². The number of nitrogens with one attached hydrogen (secondary N) is 1. The summed E-state index contributed by atoms with van der Waals surface area (Å²) in [6.45, 7) is 4.81. The summed E-state index contributed by atoms with van der Waals surface area (Å²) in [6, 6.07) is 2.80. The topological polar surface area (TPSA) is 94.7 Å². The lowest BCUT2D eigenvalue weighted by atomic mass is 10.1. The van der Waals surface area contributed by atoms with Gasteiger partial charge in [0.1, 0.15) is 17.3 Å². The average Bonchev–Trinajstić information content (AvgIpc) is 2.93. The van der Waals surface area contributed by atoms with E-state index in [0.717, 1.165) is 29.2 Å². The highest BCUT2D eigenvalue weighted by atomic mass is 16.2. The third-order valence-corrected chi connectivity index (χ3v) is 4.02. The van der Waals surface area contributed by atoms with E-state index >= 15 is 0 Å². The molecule has 1 N–H and O–H groups in total. The maximum Gasteiger partial charge on any atom is 0.272 e. The summed E-state index contributed by atoms with van der Waals surface area (Å²) in [5.74, 6) is 1.93. The summed E-state index contributed by atoms with van der Waals surface area (Å²) in [7, 11) is 1.53. The molecule has 8 heteroatoms. The lowest BCUT2D eigenvalue weighted by Gasteiger charge is -2.25. The van der Waals surface area contributed by atoms with Crippen molar-refractivity contribution >= 4 is 5.91 Å². The van der Waals surface area contributed by atoms with Gasteiger partial charge in [-0.1, -0.05) is 13.8 Å². The smallest absolute Gasteiger partial charge is 0.272 e. The number of nitrogens with zero attached hydrogens (tertiary/aromatic N) is 5. The standard InChI is InChI=1S/C15H20N6O2/c1-9(2)14-18-17-12-6-4-10(8-21(12)14)16-15(23)11-5-7-13(22)20(3)19-11/h5,7,9-10H,4,6,8H2,1-3H3,(H,16,23). The Balaban J connectivity index is 1.74. The van der Waals surface area contributed by atoms with Gasteiger partial charge in [0, 0.05) is 38.0 Å². The molecule has 0 aliphatic carbocycles. The van der Waals surface area contributed by atoms with Gasteiger partial charge in [-0.15, -0.1) is 10.2 Å². The lowest BCUT2D eigenvalue weighted by Crippen LogP contribution is -2.42. The molecule has 3 rings (SSSR count). The van der Waals surface area contributed by atoms with Gasteiger partial charge in [-0.2, -0.15) is 5.10 Å². The molecule has 1 amide bonds. The highest BCUT2D eigenvalue weighted by Gasteiger charge is 2.25. The minimum absolute atomic E-state index is 0.00235. The monoisotopic (exact) mass is 316 g/mol. The summed E-state index contributed by atoms with van der Waals surface area (Å²) in [4.78, 5) is 23.7. The largest absolute Gasteiger partial charge is 0.346 e. The SMILES string of the molecule is CC(C)c1nnc2n1CC(NC(=O)c1ccc(=O)n(C)n1)CC2. The number of carbonyl (C=O) groups excluding carboxylic acids is 1. The van der Waals surface area contributed by atoms with E-state index in [4.69, 9.17) is 0 Å². The number of carbonyl (C=O) groups is 1. The number of aromatic nitrogens is 5. The highest BCUT2D eigenvalue weighted by molar-refractivity contribution is 5.92. The van der Waals surface area contributed by atoms with Crippen LogP contribution in [0.1, 0.15) is 48.3 Å². The number of hydrogen-bond acceptors (Lipinski definition) is 5. The van der Waals surface area contributed by atoms with Crippen LogP contribution < -0.4 is 10.9 Å². The molecule has 0 saturated carbocycles. The molecule has 1 aliphatic heterocycles. The van der Waals surface area contributed by atoms with Crippen molar-refractivity contribution < 1.29 is 4.79 Å². The third-order valence-electron chi connectivity index (χ3n) is 4.02. The minimum Gasteiger partial charge on any atom is -0.346 e. The van der Waals surface area contributed by atoms with E-state index < -0.39 is 0 Å². The molecule has 0 spiro atoms. The van der Waals surface area contributed by atoms with E-state index in [1.165, 1.54) is 19.2 Å². The molecule has 0 aromatic carbocycles. The number of aryl methyl sites for hydroxylation is 2. The van der Waals surface area contributed by atoms with Crippen molar-refractivity contribution in [1.82, 2.24) is 29.9 Å². The molecule has 1 atom stereocenters. The molecule has 23 heavy (non-hydrogen) atoms. The van der Waals surface area contributed by atoms with Gasteiger partial charge in [0.15, 0.2) is 0 Å². The minimum atomic E-state index is -0.270. The molecule has 0 saturated heterocycles. The van der Waals surface area contributed by atoms with Gasteiger partial charge >= 0.3 is 0 Å². The Labute approximate surface area is 133 Å². The van der Waals surface area contributed by atoms with Crippen molar-refractivity contribution in [3.8, 4) is 0 Å². The zero-order chi connectivity index (χ0) is 16.6.